The summed E-state index contributed by atoms with van der Waals surface area (Å²) in [5.41, 5.74) is 5.37. The molecule has 0 radical (unpaired) electrons. The van der Waals surface area contributed by atoms with Crippen molar-refractivity contribution in [3.05, 3.63) is 0 Å². The highest BCUT2D eigenvalue weighted by molar-refractivity contribution is 5.86. The van der Waals surface area contributed by atoms with E-state index in [4.69, 9.17) is 10.8 Å². The SMILES string of the molecule is C[C@H](N)C(=O)N[C@@H](CCCCN(C)C)C(=O)O. The lowest BCUT2D eigenvalue weighted by molar-refractivity contribution is -0.142. The molecule has 0 aliphatic rings. The number of amides is 1. The Hall–Kier alpha value is -1.14. The van der Waals surface area contributed by atoms with E-state index in [0.717, 1.165) is 19.4 Å². The summed E-state index contributed by atoms with van der Waals surface area (Å²) in [5, 5.41) is 11.4. The third-order valence-corrected chi connectivity index (χ3v) is 2.38. The van der Waals surface area contributed by atoms with Gasteiger partial charge in [0.1, 0.15) is 6.04 Å². The normalized spacial score (nSPS) is 14.4. The fourth-order valence-electron chi connectivity index (χ4n) is 1.34. The van der Waals surface area contributed by atoms with Gasteiger partial charge in [-0.2, -0.15) is 0 Å². The van der Waals surface area contributed by atoms with E-state index in [2.05, 4.69) is 5.32 Å². The second-order valence-electron chi connectivity index (χ2n) is 4.49. The number of nitrogens with one attached hydrogen (secondary N) is 1. The van der Waals surface area contributed by atoms with E-state index in [1.807, 2.05) is 19.0 Å². The number of carboxylic acids is 1. The zero-order valence-corrected chi connectivity index (χ0v) is 10.8. The number of nitrogens with zero attached hydrogens (tertiary/aromatic N) is 1. The van der Waals surface area contributed by atoms with Gasteiger partial charge in [-0.1, -0.05) is 0 Å². The maximum atomic E-state index is 11.3. The lowest BCUT2D eigenvalue weighted by Crippen LogP contribution is -2.47. The molecule has 0 rings (SSSR count). The molecule has 0 aliphatic heterocycles. The highest BCUT2D eigenvalue weighted by Gasteiger charge is 2.20. The molecule has 0 saturated carbocycles. The molecule has 0 unspecified atom stereocenters. The first kappa shape index (κ1) is 15.9. The molecule has 6 nitrogen and oxygen atoms in total. The van der Waals surface area contributed by atoms with Crippen molar-refractivity contribution in [1.29, 1.82) is 0 Å². The van der Waals surface area contributed by atoms with Crippen LogP contribution in [0.3, 0.4) is 0 Å². The number of carbonyl (C=O) groups is 2. The highest BCUT2D eigenvalue weighted by Crippen LogP contribution is 2.02. The highest BCUT2D eigenvalue weighted by atomic mass is 16.4. The first-order valence-corrected chi connectivity index (χ1v) is 5.78. The first-order valence-electron chi connectivity index (χ1n) is 5.78. The van der Waals surface area contributed by atoms with Crippen molar-refractivity contribution >= 4 is 11.9 Å². The fourth-order valence-corrected chi connectivity index (χ4v) is 1.34. The standard InChI is InChI=1S/C11H23N3O3/c1-8(12)10(15)13-9(11(16)17)6-4-5-7-14(2)3/h8-9H,4-7,12H2,1-3H3,(H,13,15)(H,16,17)/t8-,9-/m0/s1. The van der Waals surface area contributed by atoms with Gasteiger partial charge in [0.2, 0.25) is 5.91 Å². The second-order valence-corrected chi connectivity index (χ2v) is 4.49. The van der Waals surface area contributed by atoms with Crippen LogP contribution in [0.4, 0.5) is 0 Å². The zero-order chi connectivity index (χ0) is 13.4. The van der Waals surface area contributed by atoms with Gasteiger partial charge in [0, 0.05) is 0 Å². The molecule has 4 N–H and O–H groups in total. The lowest BCUT2D eigenvalue weighted by atomic mass is 10.1. The van der Waals surface area contributed by atoms with E-state index in [1.165, 1.54) is 6.92 Å². The van der Waals surface area contributed by atoms with Crippen molar-refractivity contribution in [3.63, 3.8) is 0 Å². The van der Waals surface area contributed by atoms with Crippen LogP contribution in [0.5, 0.6) is 0 Å². The summed E-state index contributed by atoms with van der Waals surface area (Å²) < 4.78 is 0. The largest absolute Gasteiger partial charge is 0.480 e. The smallest absolute Gasteiger partial charge is 0.326 e. The predicted octanol–water partition coefficient (Wildman–Crippen LogP) is -0.365. The molecule has 0 aromatic carbocycles. The summed E-state index contributed by atoms with van der Waals surface area (Å²) in [6, 6.07) is -1.52. The van der Waals surface area contributed by atoms with E-state index in [1.54, 1.807) is 0 Å². The number of hydrogen-bond acceptors (Lipinski definition) is 4. The van der Waals surface area contributed by atoms with Crippen molar-refractivity contribution in [2.24, 2.45) is 5.73 Å². The maximum absolute atomic E-state index is 11.3. The van der Waals surface area contributed by atoms with Crippen molar-refractivity contribution in [3.8, 4) is 0 Å². The van der Waals surface area contributed by atoms with E-state index < -0.39 is 24.0 Å². The maximum Gasteiger partial charge on any atom is 0.326 e. The first-order chi connectivity index (χ1) is 7.84. The molecule has 6 heteroatoms. The summed E-state index contributed by atoms with van der Waals surface area (Å²) in [7, 11) is 3.93. The predicted molar refractivity (Wildman–Crippen MR) is 65.6 cm³/mol. The summed E-state index contributed by atoms with van der Waals surface area (Å²) >= 11 is 0. The van der Waals surface area contributed by atoms with E-state index in [9.17, 15) is 9.59 Å². The quantitative estimate of drug-likeness (QED) is 0.507. The third-order valence-electron chi connectivity index (χ3n) is 2.38. The minimum atomic E-state index is -1.01. The Morgan fingerprint density at radius 2 is 1.94 bits per heavy atom. The number of nitrogens with two attached hydrogens (primary N) is 1. The van der Waals surface area contributed by atoms with Gasteiger partial charge in [0.15, 0.2) is 0 Å². The van der Waals surface area contributed by atoms with E-state index in [-0.39, 0.29) is 0 Å². The van der Waals surface area contributed by atoms with Gasteiger partial charge in [0.05, 0.1) is 6.04 Å². The lowest BCUT2D eigenvalue weighted by Gasteiger charge is -2.16. The molecule has 0 aromatic heterocycles. The van der Waals surface area contributed by atoms with E-state index >= 15 is 0 Å². The van der Waals surface area contributed by atoms with Gasteiger partial charge in [-0.25, -0.2) is 4.79 Å². The number of unbranched alkanes of at least 4 members (excludes halogenated alkanes) is 1. The minimum absolute atomic E-state index is 0.426. The van der Waals surface area contributed by atoms with Crippen LogP contribution < -0.4 is 11.1 Å². The molecular formula is C11H23N3O3. The number of rotatable bonds is 8. The molecule has 1 amide bonds. The number of carbonyl (C=O) groups excluding carboxylic acids is 1. The monoisotopic (exact) mass is 245 g/mol. The van der Waals surface area contributed by atoms with E-state index in [0.29, 0.717) is 6.42 Å². The van der Waals surface area contributed by atoms with Crippen molar-refractivity contribution < 1.29 is 14.7 Å². The zero-order valence-electron chi connectivity index (χ0n) is 10.8. The summed E-state index contributed by atoms with van der Waals surface area (Å²) in [6.45, 7) is 2.44. The number of carboxylic acid groups (broad SMARTS) is 1. The Kier molecular flexibility index (Phi) is 7.49. The Morgan fingerprint density at radius 3 is 2.35 bits per heavy atom. The number of hydrogen-bond donors (Lipinski definition) is 3. The molecule has 17 heavy (non-hydrogen) atoms. The van der Waals surface area contributed by atoms with Crippen LogP contribution in [-0.4, -0.2) is 54.6 Å². The average molecular weight is 245 g/mol. The Labute approximate surface area is 102 Å². The molecular weight excluding hydrogens is 222 g/mol. The Balaban J connectivity index is 4.00. The Bertz CT molecular complexity index is 254. The topological polar surface area (TPSA) is 95.7 Å². The van der Waals surface area contributed by atoms with Gasteiger partial charge in [0.25, 0.3) is 0 Å². The van der Waals surface area contributed by atoms with Gasteiger partial charge in [-0.05, 0) is 46.8 Å². The summed E-state index contributed by atoms with van der Waals surface area (Å²) in [5.74, 6) is -1.44. The van der Waals surface area contributed by atoms with Crippen LogP contribution in [0, 0.1) is 0 Å². The molecule has 2 atom stereocenters. The number of aliphatic carboxylic acids is 1. The second kappa shape index (κ2) is 8.03. The van der Waals surface area contributed by atoms with Crippen molar-refractivity contribution in [1.82, 2.24) is 10.2 Å². The van der Waals surface area contributed by atoms with Crippen LogP contribution in [0.2, 0.25) is 0 Å². The van der Waals surface area contributed by atoms with Crippen LogP contribution in [-0.2, 0) is 9.59 Å². The average Bonchev–Trinajstić information content (AvgIpc) is 2.21. The molecule has 0 aliphatic carbocycles. The Morgan fingerprint density at radius 1 is 1.35 bits per heavy atom. The van der Waals surface area contributed by atoms with Crippen LogP contribution >= 0.6 is 0 Å². The summed E-state index contributed by atoms with van der Waals surface area (Å²) in [6.07, 6.45) is 2.10. The van der Waals surface area contributed by atoms with Gasteiger partial charge in [-0.15, -0.1) is 0 Å². The van der Waals surface area contributed by atoms with Crippen LogP contribution in [0.1, 0.15) is 26.2 Å². The van der Waals surface area contributed by atoms with Crippen molar-refractivity contribution in [2.45, 2.75) is 38.3 Å². The van der Waals surface area contributed by atoms with Gasteiger partial charge >= 0.3 is 5.97 Å². The summed E-state index contributed by atoms with van der Waals surface area (Å²) in [4.78, 5) is 24.2. The fraction of sp³-hybridized carbons (Fsp3) is 0.818. The molecule has 0 heterocycles. The minimum Gasteiger partial charge on any atom is -0.480 e. The molecule has 100 valence electrons. The van der Waals surface area contributed by atoms with Crippen LogP contribution in [0.15, 0.2) is 0 Å². The van der Waals surface area contributed by atoms with Gasteiger partial charge < -0.3 is 21.1 Å². The van der Waals surface area contributed by atoms with Crippen LogP contribution in [0.25, 0.3) is 0 Å². The van der Waals surface area contributed by atoms with Gasteiger partial charge in [-0.3, -0.25) is 4.79 Å². The third kappa shape index (κ3) is 7.70. The molecule has 0 spiro atoms. The van der Waals surface area contributed by atoms with Crippen molar-refractivity contribution in [2.75, 3.05) is 20.6 Å². The molecule has 0 bridgehead atoms. The molecule has 0 fully saturated rings. The molecule has 0 aromatic rings. The molecule has 0 saturated heterocycles.